The zero-order chi connectivity index (χ0) is 15.3. The maximum atomic E-state index is 12.2. The Morgan fingerprint density at radius 1 is 1.57 bits per heavy atom. The average molecular weight is 332 g/mol. The van der Waals surface area contributed by atoms with Crippen molar-refractivity contribution in [1.29, 1.82) is 0 Å². The summed E-state index contributed by atoms with van der Waals surface area (Å²) in [6.07, 6.45) is 2.90. The molecule has 0 unspecified atom stereocenters. The Balaban J connectivity index is 1.95. The van der Waals surface area contributed by atoms with Crippen molar-refractivity contribution >= 4 is 32.4 Å². The lowest BCUT2D eigenvalue weighted by atomic mass is 9.99. The van der Waals surface area contributed by atoms with E-state index in [1.807, 2.05) is 6.92 Å². The maximum absolute atomic E-state index is 12.2. The van der Waals surface area contributed by atoms with Crippen LogP contribution >= 0.6 is 11.3 Å². The van der Waals surface area contributed by atoms with Gasteiger partial charge in [-0.2, -0.15) is 0 Å². The molecule has 1 N–H and O–H groups in total. The lowest BCUT2D eigenvalue weighted by Crippen LogP contribution is -2.44. The minimum Gasteiger partial charge on any atom is -0.300 e. The quantitative estimate of drug-likeness (QED) is 0.848. The molecule has 0 aliphatic carbocycles. The summed E-state index contributed by atoms with van der Waals surface area (Å²) in [6, 6.07) is 0. The molecule has 2 heterocycles. The van der Waals surface area contributed by atoms with Crippen molar-refractivity contribution in [2.45, 2.75) is 32.6 Å². The Kier molecular flexibility index (Phi) is 5.65. The molecule has 1 aromatic rings. The van der Waals surface area contributed by atoms with Gasteiger partial charge in [0.1, 0.15) is 5.51 Å². The summed E-state index contributed by atoms with van der Waals surface area (Å²) in [6.45, 7) is 2.73. The molecule has 0 aromatic carbocycles. The van der Waals surface area contributed by atoms with E-state index in [9.17, 15) is 13.2 Å². The van der Waals surface area contributed by atoms with E-state index in [0.29, 0.717) is 30.9 Å². The highest BCUT2D eigenvalue weighted by molar-refractivity contribution is 7.89. The molecule has 1 amide bonds. The van der Waals surface area contributed by atoms with Crippen LogP contribution in [0.1, 0.15) is 32.6 Å². The zero-order valence-corrected chi connectivity index (χ0v) is 13.6. The number of rotatable bonds is 6. The van der Waals surface area contributed by atoms with E-state index in [2.05, 4.69) is 15.5 Å². The van der Waals surface area contributed by atoms with Crippen LogP contribution in [0.3, 0.4) is 0 Å². The predicted molar refractivity (Wildman–Crippen MR) is 81.5 cm³/mol. The molecule has 1 aliphatic heterocycles. The molecule has 0 spiro atoms. The van der Waals surface area contributed by atoms with Gasteiger partial charge in [-0.3, -0.25) is 4.79 Å². The van der Waals surface area contributed by atoms with Gasteiger partial charge in [-0.1, -0.05) is 24.7 Å². The number of amides is 1. The van der Waals surface area contributed by atoms with Crippen LogP contribution in [0.5, 0.6) is 0 Å². The van der Waals surface area contributed by atoms with Crippen molar-refractivity contribution < 1.29 is 13.2 Å². The molecule has 9 heteroatoms. The molecule has 0 radical (unpaired) electrons. The molecule has 1 saturated heterocycles. The third kappa shape index (κ3) is 4.45. The van der Waals surface area contributed by atoms with Crippen LogP contribution in [0.4, 0.5) is 5.13 Å². The topological polar surface area (TPSA) is 92.3 Å². The summed E-state index contributed by atoms with van der Waals surface area (Å²) in [4.78, 5) is 12.2. The van der Waals surface area contributed by atoms with Gasteiger partial charge in [-0.05, 0) is 19.3 Å². The molecular weight excluding hydrogens is 312 g/mol. The first-order chi connectivity index (χ1) is 10.0. The lowest BCUT2D eigenvalue weighted by Gasteiger charge is -2.31. The SMILES string of the molecule is CCCCS(=O)(=O)N1CCC[C@@H](C(=O)Nc2nncs2)C1. The highest BCUT2D eigenvalue weighted by Crippen LogP contribution is 2.22. The first-order valence-electron chi connectivity index (χ1n) is 7.08. The van der Waals surface area contributed by atoms with Crippen molar-refractivity contribution in [3.8, 4) is 0 Å². The molecule has 1 aliphatic rings. The highest BCUT2D eigenvalue weighted by Gasteiger charge is 2.32. The van der Waals surface area contributed by atoms with E-state index < -0.39 is 10.0 Å². The number of carbonyl (C=O) groups is 1. The van der Waals surface area contributed by atoms with E-state index in [1.165, 1.54) is 21.2 Å². The second kappa shape index (κ2) is 7.28. The van der Waals surface area contributed by atoms with Crippen molar-refractivity contribution in [2.75, 3.05) is 24.2 Å². The number of anilines is 1. The fourth-order valence-corrected chi connectivity index (χ4v) is 4.47. The number of carbonyl (C=O) groups excluding carboxylic acids is 1. The number of aromatic nitrogens is 2. The Morgan fingerprint density at radius 3 is 3.05 bits per heavy atom. The van der Waals surface area contributed by atoms with Gasteiger partial charge >= 0.3 is 0 Å². The molecule has 0 saturated carbocycles. The number of unbranched alkanes of at least 4 members (excludes halogenated alkanes) is 1. The van der Waals surface area contributed by atoms with Crippen molar-refractivity contribution in [1.82, 2.24) is 14.5 Å². The van der Waals surface area contributed by atoms with Gasteiger partial charge in [0, 0.05) is 13.1 Å². The number of nitrogens with zero attached hydrogens (tertiary/aromatic N) is 3. The second-order valence-electron chi connectivity index (χ2n) is 5.10. The van der Waals surface area contributed by atoms with Crippen LogP contribution in [-0.2, 0) is 14.8 Å². The number of hydrogen-bond acceptors (Lipinski definition) is 6. The molecular formula is C12H20N4O3S2. The van der Waals surface area contributed by atoms with Crippen LogP contribution in [0.2, 0.25) is 0 Å². The molecule has 21 heavy (non-hydrogen) atoms. The van der Waals surface area contributed by atoms with E-state index in [4.69, 9.17) is 0 Å². The summed E-state index contributed by atoms with van der Waals surface area (Å²) >= 11 is 1.25. The highest BCUT2D eigenvalue weighted by atomic mass is 32.2. The average Bonchev–Trinajstić information content (AvgIpc) is 2.98. The minimum atomic E-state index is -3.25. The Bertz CT molecular complexity index is 559. The van der Waals surface area contributed by atoms with Gasteiger partial charge in [0.05, 0.1) is 11.7 Å². The third-order valence-electron chi connectivity index (χ3n) is 3.49. The number of piperidine rings is 1. The summed E-state index contributed by atoms with van der Waals surface area (Å²) in [5, 5.41) is 10.6. The second-order valence-corrected chi connectivity index (χ2v) is 8.02. The van der Waals surface area contributed by atoms with Crippen LogP contribution in [0, 0.1) is 5.92 Å². The summed E-state index contributed by atoms with van der Waals surface area (Å²) in [7, 11) is -3.25. The molecule has 1 fully saturated rings. The fraction of sp³-hybridized carbons (Fsp3) is 0.750. The van der Waals surface area contributed by atoms with Gasteiger partial charge < -0.3 is 5.32 Å². The Labute approximate surface area is 128 Å². The van der Waals surface area contributed by atoms with E-state index >= 15 is 0 Å². The van der Waals surface area contributed by atoms with Crippen LogP contribution < -0.4 is 5.32 Å². The molecule has 118 valence electrons. The summed E-state index contributed by atoms with van der Waals surface area (Å²) in [5.41, 5.74) is 1.54. The first kappa shape index (κ1) is 16.3. The maximum Gasteiger partial charge on any atom is 0.230 e. The monoisotopic (exact) mass is 332 g/mol. The largest absolute Gasteiger partial charge is 0.300 e. The molecule has 2 rings (SSSR count). The molecule has 1 atom stereocenters. The molecule has 7 nitrogen and oxygen atoms in total. The van der Waals surface area contributed by atoms with Crippen molar-refractivity contribution in [3.63, 3.8) is 0 Å². The van der Waals surface area contributed by atoms with Gasteiger partial charge in [0.25, 0.3) is 0 Å². The zero-order valence-electron chi connectivity index (χ0n) is 12.0. The minimum absolute atomic E-state index is 0.161. The van der Waals surface area contributed by atoms with Gasteiger partial charge in [0.2, 0.25) is 21.1 Å². The first-order valence-corrected chi connectivity index (χ1v) is 9.56. The third-order valence-corrected chi connectivity index (χ3v) is 6.02. The lowest BCUT2D eigenvalue weighted by molar-refractivity contribution is -0.120. The number of sulfonamides is 1. The van der Waals surface area contributed by atoms with Gasteiger partial charge in [-0.25, -0.2) is 12.7 Å². The van der Waals surface area contributed by atoms with E-state index in [-0.39, 0.29) is 24.1 Å². The van der Waals surface area contributed by atoms with Gasteiger partial charge in [0.15, 0.2) is 0 Å². The van der Waals surface area contributed by atoms with E-state index in [0.717, 1.165) is 6.42 Å². The van der Waals surface area contributed by atoms with Crippen LogP contribution in [0.25, 0.3) is 0 Å². The smallest absolute Gasteiger partial charge is 0.230 e. The Morgan fingerprint density at radius 2 is 2.38 bits per heavy atom. The number of nitrogens with one attached hydrogen (secondary N) is 1. The molecule has 1 aromatic heterocycles. The van der Waals surface area contributed by atoms with Crippen LogP contribution in [-0.4, -0.2) is 47.7 Å². The number of hydrogen-bond donors (Lipinski definition) is 1. The van der Waals surface area contributed by atoms with Gasteiger partial charge in [-0.15, -0.1) is 10.2 Å². The fourth-order valence-electron chi connectivity index (χ4n) is 2.30. The van der Waals surface area contributed by atoms with Crippen molar-refractivity contribution in [2.24, 2.45) is 5.92 Å². The summed E-state index contributed by atoms with van der Waals surface area (Å²) in [5.74, 6) is -0.338. The predicted octanol–water partition coefficient (Wildman–Crippen LogP) is 1.32. The normalized spacial score (nSPS) is 20.3. The summed E-state index contributed by atoms with van der Waals surface area (Å²) < 4.78 is 25.9. The van der Waals surface area contributed by atoms with Crippen molar-refractivity contribution in [3.05, 3.63) is 5.51 Å². The Hall–Kier alpha value is -1.06. The van der Waals surface area contributed by atoms with E-state index in [1.54, 1.807) is 0 Å². The standard InChI is InChI=1S/C12H20N4O3S2/c1-2-3-7-21(18,19)16-6-4-5-10(8-16)11(17)14-12-15-13-9-20-12/h9-10H,2-8H2,1H3,(H,14,15,17)/t10-/m1/s1. The molecule has 0 bridgehead atoms. The van der Waals surface area contributed by atoms with Crippen LogP contribution in [0.15, 0.2) is 5.51 Å².